The van der Waals surface area contributed by atoms with E-state index in [-0.39, 0.29) is 28.6 Å². The standard InChI is InChI=1S/C29H38F2N4O5S/c1-18(33-15-24(32-8)39-16-19-9-10-19)23(31)14-20-11-12-22(30)21(13-20)29(7)17-41(37,38)28(5,6)25(35-29)34-26(36)40-27(2,3)4/h11-15,19H,8-10,16-17H2,1-7H3,(H,34,35,36)/b23-14-,24-15+,33-18+/t29-/m0/s1. The second-order valence-corrected chi connectivity index (χ2v) is 14.5. The molecule has 0 unspecified atom stereocenters. The van der Waals surface area contributed by atoms with Gasteiger partial charge < -0.3 is 9.47 Å². The number of rotatable bonds is 8. The molecule has 1 aromatic rings. The van der Waals surface area contributed by atoms with Crippen molar-refractivity contribution in [3.8, 4) is 0 Å². The SMILES string of the molecule is C=N\C(=C/N=C(C)/C(F)=C/c1ccc(F)c([C@]2(C)CS(=O)(=O)C(C)(C)C(NC(=O)OC(C)(C)C)=N2)c1)OCC1CC1. The van der Waals surface area contributed by atoms with Crippen LogP contribution in [0.25, 0.3) is 6.08 Å². The van der Waals surface area contributed by atoms with Gasteiger partial charge in [-0.1, -0.05) is 6.07 Å². The topological polar surface area (TPSA) is 119 Å². The Kier molecular flexibility index (Phi) is 9.27. The number of ether oxygens (including phenoxy) is 2. The van der Waals surface area contributed by atoms with E-state index in [1.807, 2.05) is 0 Å². The Hall–Kier alpha value is -3.41. The van der Waals surface area contributed by atoms with Crippen LogP contribution in [-0.2, 0) is 24.8 Å². The van der Waals surface area contributed by atoms with Gasteiger partial charge in [-0.15, -0.1) is 0 Å². The van der Waals surface area contributed by atoms with Crippen LogP contribution in [0.5, 0.6) is 0 Å². The molecule has 0 spiro atoms. The molecule has 0 aromatic heterocycles. The Morgan fingerprint density at radius 1 is 1.27 bits per heavy atom. The Morgan fingerprint density at radius 3 is 2.51 bits per heavy atom. The molecule has 2 aliphatic rings. The van der Waals surface area contributed by atoms with Crippen LogP contribution in [0.15, 0.2) is 51.1 Å². The largest absolute Gasteiger partial charge is 0.476 e. The van der Waals surface area contributed by atoms with Gasteiger partial charge in [0.25, 0.3) is 0 Å². The number of amides is 1. The van der Waals surface area contributed by atoms with Crippen molar-refractivity contribution in [1.82, 2.24) is 5.32 Å². The lowest BCUT2D eigenvalue weighted by molar-refractivity contribution is 0.0560. The van der Waals surface area contributed by atoms with E-state index in [1.165, 1.54) is 46.0 Å². The van der Waals surface area contributed by atoms with Crippen LogP contribution in [0.2, 0.25) is 0 Å². The summed E-state index contributed by atoms with van der Waals surface area (Å²) in [5, 5.41) is 2.45. The number of allylic oxidation sites excluding steroid dienone is 1. The molecule has 1 N–H and O–H groups in total. The number of hydrogen-bond acceptors (Lipinski definition) is 8. The summed E-state index contributed by atoms with van der Waals surface area (Å²) in [4.78, 5) is 24.8. The maximum atomic E-state index is 15.2. The fourth-order valence-corrected chi connectivity index (χ4v) is 5.66. The van der Waals surface area contributed by atoms with Crippen LogP contribution in [0.4, 0.5) is 13.6 Å². The highest BCUT2D eigenvalue weighted by molar-refractivity contribution is 7.93. The molecular weight excluding hydrogens is 554 g/mol. The smallest absolute Gasteiger partial charge is 0.413 e. The molecule has 224 valence electrons. The number of aliphatic imine (C=N–C) groups is 3. The van der Waals surface area contributed by atoms with Gasteiger partial charge >= 0.3 is 6.09 Å². The van der Waals surface area contributed by atoms with Crippen LogP contribution in [0.3, 0.4) is 0 Å². The lowest BCUT2D eigenvalue weighted by Crippen LogP contribution is -2.58. The first-order valence-corrected chi connectivity index (χ1v) is 14.9. The van der Waals surface area contributed by atoms with E-state index in [9.17, 15) is 13.2 Å². The quantitative estimate of drug-likeness (QED) is 0.299. The predicted molar refractivity (Wildman–Crippen MR) is 157 cm³/mol. The number of carbonyl (C=O) groups excluding carboxylic acids is 1. The number of halogens is 2. The van der Waals surface area contributed by atoms with Crippen molar-refractivity contribution in [2.24, 2.45) is 20.9 Å². The molecule has 9 nitrogen and oxygen atoms in total. The Labute approximate surface area is 240 Å². The molecule has 0 radical (unpaired) electrons. The molecular formula is C29H38F2N4O5S. The van der Waals surface area contributed by atoms with Crippen LogP contribution in [-0.4, -0.2) is 55.5 Å². The molecule has 1 heterocycles. The van der Waals surface area contributed by atoms with Crippen molar-refractivity contribution in [3.05, 3.63) is 53.1 Å². The van der Waals surface area contributed by atoms with Crippen molar-refractivity contribution in [2.75, 3.05) is 12.4 Å². The van der Waals surface area contributed by atoms with Gasteiger partial charge in [0.05, 0.1) is 24.3 Å². The van der Waals surface area contributed by atoms with Gasteiger partial charge in [-0.3, -0.25) is 15.3 Å². The highest BCUT2D eigenvalue weighted by Crippen LogP contribution is 2.39. The molecule has 1 aromatic carbocycles. The van der Waals surface area contributed by atoms with Gasteiger partial charge in [0, 0.05) is 5.56 Å². The molecule has 1 atom stereocenters. The normalized spacial score (nSPS) is 23.0. The summed E-state index contributed by atoms with van der Waals surface area (Å²) in [6, 6.07) is 3.79. The van der Waals surface area contributed by atoms with E-state index >= 15 is 8.78 Å². The fraction of sp³-hybridized carbons (Fsp3) is 0.517. The highest BCUT2D eigenvalue weighted by Gasteiger charge is 2.51. The third kappa shape index (κ3) is 8.08. The number of hydrogen-bond donors (Lipinski definition) is 1. The number of sulfone groups is 1. The third-order valence-electron chi connectivity index (χ3n) is 6.69. The van der Waals surface area contributed by atoms with Crippen LogP contribution in [0, 0.1) is 11.7 Å². The fourth-order valence-electron chi connectivity index (χ4n) is 3.95. The molecule has 1 amide bonds. The van der Waals surface area contributed by atoms with E-state index in [0.29, 0.717) is 12.5 Å². The number of amidine groups is 1. The summed E-state index contributed by atoms with van der Waals surface area (Å²) in [7, 11) is -3.95. The zero-order valence-electron chi connectivity index (χ0n) is 24.5. The summed E-state index contributed by atoms with van der Waals surface area (Å²) in [6.07, 6.45) is 3.73. The summed E-state index contributed by atoms with van der Waals surface area (Å²) < 4.78 is 66.1. The summed E-state index contributed by atoms with van der Waals surface area (Å²) >= 11 is 0. The van der Waals surface area contributed by atoms with Gasteiger partial charge in [-0.05, 0) is 97.7 Å². The number of benzene rings is 1. The number of alkyl carbamates (subject to hydrolysis) is 1. The van der Waals surface area contributed by atoms with E-state index in [1.54, 1.807) is 20.8 Å². The number of nitrogens with zero attached hydrogens (tertiary/aromatic N) is 3. The third-order valence-corrected chi connectivity index (χ3v) is 9.39. The Morgan fingerprint density at radius 2 is 1.93 bits per heavy atom. The van der Waals surface area contributed by atoms with Gasteiger partial charge in [0.15, 0.2) is 9.84 Å². The van der Waals surface area contributed by atoms with Gasteiger partial charge in [-0.2, -0.15) is 0 Å². The van der Waals surface area contributed by atoms with Gasteiger partial charge in [0.2, 0.25) is 5.88 Å². The minimum absolute atomic E-state index is 0.0159. The van der Waals surface area contributed by atoms with Crippen molar-refractivity contribution < 1.29 is 31.5 Å². The second-order valence-electron chi connectivity index (χ2n) is 12.0. The molecule has 1 aliphatic heterocycles. The molecule has 1 fully saturated rings. The monoisotopic (exact) mass is 592 g/mol. The Bertz CT molecular complexity index is 1440. The maximum absolute atomic E-state index is 15.2. The van der Waals surface area contributed by atoms with Crippen LogP contribution < -0.4 is 5.32 Å². The van der Waals surface area contributed by atoms with Crippen LogP contribution >= 0.6 is 0 Å². The minimum Gasteiger partial charge on any atom is -0.476 e. The first kappa shape index (κ1) is 32.1. The van der Waals surface area contributed by atoms with E-state index in [0.717, 1.165) is 25.0 Å². The summed E-state index contributed by atoms with van der Waals surface area (Å²) in [5.74, 6) is -1.49. The zero-order chi connectivity index (χ0) is 30.8. The molecule has 12 heteroatoms. The molecule has 0 saturated heterocycles. The maximum Gasteiger partial charge on any atom is 0.413 e. The molecule has 3 rings (SSSR count). The average molecular weight is 593 g/mol. The number of carbonyl (C=O) groups is 1. The minimum atomic E-state index is -3.95. The van der Waals surface area contributed by atoms with E-state index in [2.05, 4.69) is 27.0 Å². The lowest BCUT2D eigenvalue weighted by atomic mass is 9.91. The number of nitrogens with one attached hydrogen (secondary N) is 1. The first-order chi connectivity index (χ1) is 18.9. The summed E-state index contributed by atoms with van der Waals surface area (Å²) in [5.41, 5.74) is -2.28. The molecule has 1 saturated carbocycles. The second kappa shape index (κ2) is 11.8. The predicted octanol–water partition coefficient (Wildman–Crippen LogP) is 5.87. The lowest BCUT2D eigenvalue weighted by Gasteiger charge is -2.39. The molecule has 1 aliphatic carbocycles. The van der Waals surface area contributed by atoms with Gasteiger partial charge in [0.1, 0.15) is 33.4 Å². The van der Waals surface area contributed by atoms with Crippen molar-refractivity contribution in [2.45, 2.75) is 77.2 Å². The average Bonchev–Trinajstić information content (AvgIpc) is 3.66. The van der Waals surface area contributed by atoms with Crippen LogP contribution in [0.1, 0.15) is 72.4 Å². The highest BCUT2D eigenvalue weighted by atomic mass is 32.2. The van der Waals surface area contributed by atoms with Gasteiger partial charge in [-0.25, -0.2) is 27.0 Å². The van der Waals surface area contributed by atoms with Crippen molar-refractivity contribution in [3.63, 3.8) is 0 Å². The molecule has 41 heavy (non-hydrogen) atoms. The van der Waals surface area contributed by atoms with E-state index in [4.69, 9.17) is 9.47 Å². The zero-order valence-corrected chi connectivity index (χ0v) is 25.4. The Balaban J connectivity index is 1.95. The molecule has 0 bridgehead atoms. The van der Waals surface area contributed by atoms with E-state index < -0.39 is 49.2 Å². The first-order valence-electron chi connectivity index (χ1n) is 13.2. The van der Waals surface area contributed by atoms with Crippen molar-refractivity contribution >= 4 is 40.3 Å². The summed E-state index contributed by atoms with van der Waals surface area (Å²) in [6.45, 7) is 14.6. The van der Waals surface area contributed by atoms with Crippen molar-refractivity contribution in [1.29, 1.82) is 0 Å².